The largest absolute Gasteiger partial charge is 0.459 e. The monoisotopic (exact) mass is 553 g/mol. The first kappa shape index (κ1) is 24.7. The van der Waals surface area contributed by atoms with Crippen LogP contribution in [0.1, 0.15) is 16.2 Å². The first-order chi connectivity index (χ1) is 14.4. The van der Waals surface area contributed by atoms with E-state index < -0.39 is 11.9 Å². The molecule has 2 N–H and O–H groups in total. The van der Waals surface area contributed by atoms with E-state index in [-0.39, 0.29) is 35.8 Å². The van der Waals surface area contributed by atoms with Crippen LogP contribution in [0.4, 0.5) is 19.1 Å². The molecule has 3 heterocycles. The third-order valence-corrected chi connectivity index (χ3v) is 4.45. The molecule has 2 aromatic rings. The quantitative estimate of drug-likeness (QED) is 0.254. The third kappa shape index (κ3) is 6.70. The van der Waals surface area contributed by atoms with E-state index in [1.165, 1.54) is 6.26 Å². The topological polar surface area (TPSA) is 98.9 Å². The summed E-state index contributed by atoms with van der Waals surface area (Å²) >= 11 is 0. The van der Waals surface area contributed by atoms with Crippen LogP contribution < -0.4 is 10.6 Å². The molecule has 1 saturated heterocycles. The lowest BCUT2D eigenvalue weighted by Gasteiger charge is -2.36. The van der Waals surface area contributed by atoms with E-state index in [0.29, 0.717) is 51.0 Å². The van der Waals surface area contributed by atoms with E-state index in [1.807, 2.05) is 4.90 Å². The number of aliphatic imine (C=N–C) groups is 1. The minimum absolute atomic E-state index is 0. The molecule has 0 aromatic carbocycles. The fourth-order valence-electron chi connectivity index (χ4n) is 2.96. The van der Waals surface area contributed by atoms with Crippen LogP contribution in [0, 0.1) is 0 Å². The minimum atomic E-state index is -4.51. The molecular weight excluding hydrogens is 530 g/mol. The molecule has 31 heavy (non-hydrogen) atoms. The highest BCUT2D eigenvalue weighted by Gasteiger charge is 2.32. The maximum absolute atomic E-state index is 12.7. The van der Waals surface area contributed by atoms with Gasteiger partial charge in [-0.2, -0.15) is 13.2 Å². The molecule has 3 rings (SSSR count). The predicted molar refractivity (Wildman–Crippen MR) is 118 cm³/mol. The molecule has 1 fully saturated rings. The van der Waals surface area contributed by atoms with Crippen LogP contribution >= 0.6 is 24.0 Å². The Hall–Kier alpha value is -2.58. The Labute approximate surface area is 194 Å². The molecule has 0 unspecified atom stereocenters. The normalized spacial score (nSPS) is 14.8. The number of hydrogen-bond donors (Lipinski definition) is 2. The fraction of sp³-hybridized carbons (Fsp3) is 0.444. The molecule has 0 saturated carbocycles. The van der Waals surface area contributed by atoms with Gasteiger partial charge in [0.15, 0.2) is 11.7 Å². The molecule has 0 atom stereocenters. The van der Waals surface area contributed by atoms with Gasteiger partial charge in [-0.25, -0.2) is 9.97 Å². The summed E-state index contributed by atoms with van der Waals surface area (Å²) in [6.07, 6.45) is -1.98. The Kier molecular flexibility index (Phi) is 8.88. The van der Waals surface area contributed by atoms with Crippen LogP contribution in [-0.2, 0) is 6.18 Å². The maximum atomic E-state index is 12.7. The van der Waals surface area contributed by atoms with Gasteiger partial charge in [0, 0.05) is 52.5 Å². The lowest BCUT2D eigenvalue weighted by molar-refractivity contribution is -0.141. The van der Waals surface area contributed by atoms with Crippen molar-refractivity contribution in [1.82, 2.24) is 25.1 Å². The highest BCUT2D eigenvalue weighted by molar-refractivity contribution is 14.0. The zero-order valence-corrected chi connectivity index (χ0v) is 19.1. The van der Waals surface area contributed by atoms with Gasteiger partial charge < -0.3 is 24.9 Å². The standard InChI is InChI=1S/C18H22F3N7O2.HI/c1-22-17(25-7-6-24-16-23-5-4-14(26-16)18(19,20)21)28-10-8-27(9-11-28)15(29)13-3-2-12-30-13;/h2-5,12H,6-11H2,1H3,(H,22,25)(H,23,24,26);1H. The number of hydrogen-bond acceptors (Lipinski definition) is 6. The summed E-state index contributed by atoms with van der Waals surface area (Å²) in [7, 11) is 1.64. The summed E-state index contributed by atoms with van der Waals surface area (Å²) < 4.78 is 43.2. The zero-order valence-electron chi connectivity index (χ0n) is 16.7. The van der Waals surface area contributed by atoms with Crippen LogP contribution in [-0.4, -0.2) is 78.0 Å². The van der Waals surface area contributed by atoms with Gasteiger partial charge in [-0.1, -0.05) is 0 Å². The number of aromatic nitrogens is 2. The zero-order chi connectivity index (χ0) is 21.6. The van der Waals surface area contributed by atoms with Crippen molar-refractivity contribution in [3.05, 3.63) is 42.1 Å². The molecule has 1 amide bonds. The molecule has 1 aliphatic rings. The maximum Gasteiger partial charge on any atom is 0.433 e. The molecule has 0 aliphatic carbocycles. The molecule has 0 spiro atoms. The summed E-state index contributed by atoms with van der Waals surface area (Å²) in [5.41, 5.74) is -0.995. The van der Waals surface area contributed by atoms with E-state index in [9.17, 15) is 18.0 Å². The van der Waals surface area contributed by atoms with Gasteiger partial charge in [0.05, 0.1) is 6.26 Å². The second-order valence-corrected chi connectivity index (χ2v) is 6.42. The average molecular weight is 553 g/mol. The van der Waals surface area contributed by atoms with Gasteiger partial charge in [-0.3, -0.25) is 9.79 Å². The van der Waals surface area contributed by atoms with Crippen molar-refractivity contribution < 1.29 is 22.4 Å². The number of furan rings is 1. The molecular formula is C18H23F3IN7O2. The number of piperazine rings is 1. The van der Waals surface area contributed by atoms with Crippen LogP contribution in [0.3, 0.4) is 0 Å². The molecule has 2 aromatic heterocycles. The summed E-state index contributed by atoms with van der Waals surface area (Å²) in [5, 5.41) is 5.90. The van der Waals surface area contributed by atoms with E-state index >= 15 is 0 Å². The number of nitrogens with one attached hydrogen (secondary N) is 2. The van der Waals surface area contributed by atoms with Crippen molar-refractivity contribution in [2.45, 2.75) is 6.18 Å². The van der Waals surface area contributed by atoms with Crippen molar-refractivity contribution in [1.29, 1.82) is 0 Å². The number of halogens is 4. The van der Waals surface area contributed by atoms with Gasteiger partial charge in [0.2, 0.25) is 5.95 Å². The number of rotatable bonds is 5. The van der Waals surface area contributed by atoms with Gasteiger partial charge in [-0.15, -0.1) is 24.0 Å². The number of nitrogens with zero attached hydrogens (tertiary/aromatic N) is 5. The lowest BCUT2D eigenvalue weighted by atomic mass is 10.3. The summed E-state index contributed by atoms with van der Waals surface area (Å²) in [5.74, 6) is 0.722. The van der Waals surface area contributed by atoms with Crippen LogP contribution in [0.15, 0.2) is 40.1 Å². The van der Waals surface area contributed by atoms with Crippen LogP contribution in [0.2, 0.25) is 0 Å². The second kappa shape index (κ2) is 11.2. The number of alkyl halides is 3. The van der Waals surface area contributed by atoms with Crippen molar-refractivity contribution in [2.75, 3.05) is 51.6 Å². The van der Waals surface area contributed by atoms with Gasteiger partial charge in [-0.05, 0) is 18.2 Å². The average Bonchev–Trinajstić information content (AvgIpc) is 3.28. The molecule has 1 aliphatic heterocycles. The summed E-state index contributed by atoms with van der Waals surface area (Å²) in [4.78, 5) is 27.5. The van der Waals surface area contributed by atoms with E-state index in [4.69, 9.17) is 4.42 Å². The fourth-order valence-corrected chi connectivity index (χ4v) is 2.96. The third-order valence-electron chi connectivity index (χ3n) is 4.45. The number of carbonyl (C=O) groups excluding carboxylic acids is 1. The first-order valence-corrected chi connectivity index (χ1v) is 9.31. The number of amides is 1. The Morgan fingerprint density at radius 2 is 1.90 bits per heavy atom. The highest BCUT2D eigenvalue weighted by Crippen LogP contribution is 2.27. The van der Waals surface area contributed by atoms with Crippen molar-refractivity contribution in [3.63, 3.8) is 0 Å². The van der Waals surface area contributed by atoms with Crippen LogP contribution in [0.25, 0.3) is 0 Å². The number of guanidine groups is 1. The van der Waals surface area contributed by atoms with Crippen molar-refractivity contribution in [2.24, 2.45) is 4.99 Å². The Balaban J connectivity index is 0.00000341. The smallest absolute Gasteiger partial charge is 0.433 e. The second-order valence-electron chi connectivity index (χ2n) is 6.42. The Morgan fingerprint density at radius 1 is 1.19 bits per heavy atom. The lowest BCUT2D eigenvalue weighted by Crippen LogP contribution is -2.54. The van der Waals surface area contributed by atoms with E-state index in [0.717, 1.165) is 12.3 Å². The SMILES string of the molecule is CN=C(NCCNc1nccc(C(F)(F)F)n1)N1CCN(C(=O)c2ccco2)CC1.I. The highest BCUT2D eigenvalue weighted by atomic mass is 127. The van der Waals surface area contributed by atoms with Crippen molar-refractivity contribution >= 4 is 41.8 Å². The van der Waals surface area contributed by atoms with Gasteiger partial charge >= 0.3 is 6.18 Å². The van der Waals surface area contributed by atoms with E-state index in [2.05, 4.69) is 25.6 Å². The van der Waals surface area contributed by atoms with E-state index in [1.54, 1.807) is 24.1 Å². The van der Waals surface area contributed by atoms with Crippen LogP contribution in [0.5, 0.6) is 0 Å². The predicted octanol–water partition coefficient (Wildman–Crippen LogP) is 2.15. The minimum Gasteiger partial charge on any atom is -0.459 e. The number of anilines is 1. The summed E-state index contributed by atoms with van der Waals surface area (Å²) in [6, 6.07) is 4.13. The summed E-state index contributed by atoms with van der Waals surface area (Å²) in [6.45, 7) is 2.94. The Morgan fingerprint density at radius 3 is 2.52 bits per heavy atom. The van der Waals surface area contributed by atoms with Crippen molar-refractivity contribution in [3.8, 4) is 0 Å². The molecule has 0 bridgehead atoms. The molecule has 9 nitrogen and oxygen atoms in total. The molecule has 170 valence electrons. The van der Waals surface area contributed by atoms with Gasteiger partial charge in [0.25, 0.3) is 5.91 Å². The molecule has 0 radical (unpaired) electrons. The Bertz CT molecular complexity index is 869. The van der Waals surface area contributed by atoms with Gasteiger partial charge in [0.1, 0.15) is 5.69 Å². The molecule has 13 heteroatoms. The number of carbonyl (C=O) groups is 1. The first-order valence-electron chi connectivity index (χ1n) is 9.31.